The number of anilines is 3. The first-order valence-corrected chi connectivity index (χ1v) is 6.43. The van der Waals surface area contributed by atoms with E-state index in [2.05, 4.69) is 33.7 Å². The van der Waals surface area contributed by atoms with Gasteiger partial charge in [0.15, 0.2) is 0 Å². The average molecular weight is 250 g/mol. The molecule has 0 bridgehead atoms. The van der Waals surface area contributed by atoms with E-state index in [0.717, 1.165) is 12.5 Å². The molecule has 1 fully saturated rings. The SMILES string of the molecule is CC(C)N(CC1CC1)c1nc(N)nc(N(C)C)n1. The minimum absolute atomic E-state index is 0.283. The Labute approximate surface area is 108 Å². The van der Waals surface area contributed by atoms with Gasteiger partial charge in [-0.2, -0.15) is 15.0 Å². The van der Waals surface area contributed by atoms with Gasteiger partial charge in [0.05, 0.1) is 0 Å². The molecule has 6 heteroatoms. The smallest absolute Gasteiger partial charge is 0.232 e. The highest BCUT2D eigenvalue weighted by atomic mass is 15.3. The number of aromatic nitrogens is 3. The number of hydrogen-bond acceptors (Lipinski definition) is 6. The van der Waals surface area contributed by atoms with E-state index < -0.39 is 0 Å². The van der Waals surface area contributed by atoms with Crippen molar-refractivity contribution in [3.63, 3.8) is 0 Å². The maximum absolute atomic E-state index is 5.77. The molecule has 1 aromatic heterocycles. The van der Waals surface area contributed by atoms with Crippen molar-refractivity contribution in [3.05, 3.63) is 0 Å². The van der Waals surface area contributed by atoms with Gasteiger partial charge >= 0.3 is 0 Å². The fourth-order valence-electron chi connectivity index (χ4n) is 1.80. The summed E-state index contributed by atoms with van der Waals surface area (Å²) in [7, 11) is 3.80. The van der Waals surface area contributed by atoms with Gasteiger partial charge in [0.25, 0.3) is 0 Å². The Balaban J connectivity index is 2.27. The minimum atomic E-state index is 0.283. The van der Waals surface area contributed by atoms with Crippen molar-refractivity contribution in [1.29, 1.82) is 0 Å². The zero-order valence-electron chi connectivity index (χ0n) is 11.6. The van der Waals surface area contributed by atoms with Crippen LogP contribution in [0.4, 0.5) is 17.8 Å². The monoisotopic (exact) mass is 250 g/mol. The minimum Gasteiger partial charge on any atom is -0.368 e. The predicted octanol–water partition coefficient (Wildman–Crippen LogP) is 1.14. The van der Waals surface area contributed by atoms with Crippen LogP contribution < -0.4 is 15.5 Å². The van der Waals surface area contributed by atoms with E-state index in [1.807, 2.05) is 19.0 Å². The summed E-state index contributed by atoms with van der Waals surface area (Å²) >= 11 is 0. The van der Waals surface area contributed by atoms with Gasteiger partial charge in [0.1, 0.15) is 0 Å². The maximum atomic E-state index is 5.77. The van der Waals surface area contributed by atoms with Gasteiger partial charge in [-0.15, -0.1) is 0 Å². The molecular formula is C12H22N6. The maximum Gasteiger partial charge on any atom is 0.232 e. The van der Waals surface area contributed by atoms with Gasteiger partial charge in [0, 0.05) is 26.7 Å². The van der Waals surface area contributed by atoms with Crippen molar-refractivity contribution in [2.24, 2.45) is 5.92 Å². The zero-order valence-corrected chi connectivity index (χ0v) is 11.6. The van der Waals surface area contributed by atoms with Crippen molar-refractivity contribution in [3.8, 4) is 0 Å². The van der Waals surface area contributed by atoms with Crippen molar-refractivity contribution < 1.29 is 0 Å². The summed E-state index contributed by atoms with van der Waals surface area (Å²) in [5.74, 6) is 2.37. The second-order valence-electron chi connectivity index (χ2n) is 5.38. The molecule has 18 heavy (non-hydrogen) atoms. The molecule has 0 aliphatic heterocycles. The number of hydrogen-bond donors (Lipinski definition) is 1. The fourth-order valence-corrected chi connectivity index (χ4v) is 1.80. The number of rotatable bonds is 5. The molecule has 2 N–H and O–H groups in total. The molecule has 1 heterocycles. The summed E-state index contributed by atoms with van der Waals surface area (Å²) in [5.41, 5.74) is 5.77. The Morgan fingerprint density at radius 2 is 1.78 bits per heavy atom. The Kier molecular flexibility index (Phi) is 3.54. The van der Waals surface area contributed by atoms with E-state index in [4.69, 9.17) is 5.73 Å². The van der Waals surface area contributed by atoms with Crippen LogP contribution in [0.5, 0.6) is 0 Å². The van der Waals surface area contributed by atoms with E-state index in [9.17, 15) is 0 Å². The third-order valence-corrected chi connectivity index (χ3v) is 3.06. The van der Waals surface area contributed by atoms with Crippen LogP contribution in [0.2, 0.25) is 0 Å². The quantitative estimate of drug-likeness (QED) is 0.845. The summed E-state index contributed by atoms with van der Waals surface area (Å²) in [4.78, 5) is 16.9. The molecule has 1 aliphatic carbocycles. The lowest BCUT2D eigenvalue weighted by Gasteiger charge is -2.27. The highest BCUT2D eigenvalue weighted by Crippen LogP contribution is 2.31. The van der Waals surface area contributed by atoms with Crippen molar-refractivity contribution in [2.45, 2.75) is 32.7 Å². The summed E-state index contributed by atoms with van der Waals surface area (Å²) in [5, 5.41) is 0. The number of nitrogens with zero attached hydrogens (tertiary/aromatic N) is 5. The molecule has 0 atom stereocenters. The van der Waals surface area contributed by atoms with Gasteiger partial charge in [0.2, 0.25) is 17.8 Å². The van der Waals surface area contributed by atoms with Gasteiger partial charge in [-0.3, -0.25) is 0 Å². The fraction of sp³-hybridized carbons (Fsp3) is 0.750. The lowest BCUT2D eigenvalue weighted by Crippen LogP contribution is -2.35. The van der Waals surface area contributed by atoms with E-state index in [-0.39, 0.29) is 5.95 Å². The van der Waals surface area contributed by atoms with Crippen LogP contribution in [0.3, 0.4) is 0 Å². The standard InChI is InChI=1S/C12H22N6/c1-8(2)18(7-9-5-6-9)12-15-10(13)14-11(16-12)17(3)4/h8-9H,5-7H2,1-4H3,(H2,13,14,15,16). The highest BCUT2D eigenvalue weighted by Gasteiger charge is 2.27. The Morgan fingerprint density at radius 1 is 1.17 bits per heavy atom. The van der Waals surface area contributed by atoms with Gasteiger partial charge in [-0.1, -0.05) is 0 Å². The second kappa shape index (κ2) is 4.96. The molecule has 0 radical (unpaired) electrons. The van der Waals surface area contributed by atoms with E-state index >= 15 is 0 Å². The second-order valence-corrected chi connectivity index (χ2v) is 5.38. The highest BCUT2D eigenvalue weighted by molar-refractivity contribution is 5.43. The largest absolute Gasteiger partial charge is 0.368 e. The molecule has 1 saturated carbocycles. The van der Waals surface area contributed by atoms with Gasteiger partial charge in [-0.25, -0.2) is 0 Å². The summed E-state index contributed by atoms with van der Waals surface area (Å²) in [6, 6.07) is 0.363. The first-order chi connectivity index (χ1) is 8.47. The van der Waals surface area contributed by atoms with Gasteiger partial charge in [-0.05, 0) is 32.6 Å². The molecule has 1 aromatic rings. The Morgan fingerprint density at radius 3 is 2.28 bits per heavy atom. The molecule has 1 aliphatic rings. The average Bonchev–Trinajstić information content (AvgIpc) is 3.08. The van der Waals surface area contributed by atoms with E-state index in [1.54, 1.807) is 0 Å². The van der Waals surface area contributed by atoms with Crippen molar-refractivity contribution in [2.75, 3.05) is 36.2 Å². The first-order valence-electron chi connectivity index (χ1n) is 6.43. The topological polar surface area (TPSA) is 71.2 Å². The molecule has 0 unspecified atom stereocenters. The normalized spacial score (nSPS) is 14.9. The third-order valence-electron chi connectivity index (χ3n) is 3.06. The molecule has 0 aromatic carbocycles. The summed E-state index contributed by atoms with van der Waals surface area (Å²) in [6.07, 6.45) is 2.62. The zero-order chi connectivity index (χ0) is 13.3. The molecule has 0 spiro atoms. The van der Waals surface area contributed by atoms with E-state index in [0.29, 0.717) is 17.9 Å². The third kappa shape index (κ3) is 3.00. The molecule has 100 valence electrons. The van der Waals surface area contributed by atoms with Crippen LogP contribution in [-0.2, 0) is 0 Å². The summed E-state index contributed by atoms with van der Waals surface area (Å²) in [6.45, 7) is 5.31. The lowest BCUT2D eigenvalue weighted by molar-refractivity contribution is 0.626. The number of nitrogens with two attached hydrogens (primary N) is 1. The molecular weight excluding hydrogens is 228 g/mol. The van der Waals surface area contributed by atoms with Gasteiger partial charge < -0.3 is 15.5 Å². The Hall–Kier alpha value is -1.59. The lowest BCUT2D eigenvalue weighted by atomic mass is 10.3. The summed E-state index contributed by atoms with van der Waals surface area (Å²) < 4.78 is 0. The van der Waals surface area contributed by atoms with Crippen molar-refractivity contribution in [1.82, 2.24) is 15.0 Å². The predicted molar refractivity (Wildman–Crippen MR) is 73.8 cm³/mol. The molecule has 2 rings (SSSR count). The molecule has 0 amide bonds. The number of nitrogen functional groups attached to an aromatic ring is 1. The molecule has 6 nitrogen and oxygen atoms in total. The van der Waals surface area contributed by atoms with Crippen LogP contribution in [0.15, 0.2) is 0 Å². The molecule has 0 saturated heterocycles. The van der Waals surface area contributed by atoms with Crippen LogP contribution in [0, 0.1) is 5.92 Å². The first kappa shape index (κ1) is 12.9. The van der Waals surface area contributed by atoms with Crippen molar-refractivity contribution >= 4 is 17.8 Å². The van der Waals surface area contributed by atoms with E-state index in [1.165, 1.54) is 12.8 Å². The Bertz CT molecular complexity index is 413. The van der Waals surface area contributed by atoms with Crippen LogP contribution in [-0.4, -0.2) is 41.6 Å². The van der Waals surface area contributed by atoms with Crippen LogP contribution in [0.25, 0.3) is 0 Å². The van der Waals surface area contributed by atoms with Crippen LogP contribution in [0.1, 0.15) is 26.7 Å². The van der Waals surface area contributed by atoms with Crippen LogP contribution >= 0.6 is 0 Å².